The van der Waals surface area contributed by atoms with Gasteiger partial charge in [-0.05, 0) is 74.4 Å². The average Bonchev–Trinajstić information content (AvgIpc) is 3.42. The fourth-order valence-electron chi connectivity index (χ4n) is 8.16. The predicted octanol–water partition coefficient (Wildman–Crippen LogP) is 5.54. The van der Waals surface area contributed by atoms with Crippen LogP contribution in [0.1, 0.15) is 74.8 Å². The van der Waals surface area contributed by atoms with E-state index < -0.39 is 9.84 Å². The summed E-state index contributed by atoms with van der Waals surface area (Å²) in [7, 11) is -3.23. The van der Waals surface area contributed by atoms with E-state index in [9.17, 15) is 18.0 Å². The molecule has 3 saturated heterocycles. The van der Waals surface area contributed by atoms with E-state index in [2.05, 4.69) is 40.1 Å². The van der Waals surface area contributed by atoms with Crippen molar-refractivity contribution >= 4 is 34.1 Å². The Morgan fingerprint density at radius 1 is 0.864 bits per heavy atom. The second-order valence-electron chi connectivity index (χ2n) is 13.7. The summed E-state index contributed by atoms with van der Waals surface area (Å²) >= 11 is 0. The molecule has 6 rings (SSSR count). The highest BCUT2D eigenvalue weighted by Gasteiger charge is 2.48. The lowest BCUT2D eigenvalue weighted by Gasteiger charge is -2.39. The molecule has 2 atom stereocenters. The van der Waals surface area contributed by atoms with Gasteiger partial charge in [-0.1, -0.05) is 68.1 Å². The summed E-state index contributed by atoms with van der Waals surface area (Å²) in [6.07, 6.45) is 10.8. The molecule has 9 heteroatoms. The lowest BCUT2D eigenvalue weighted by Crippen LogP contribution is -2.46. The van der Waals surface area contributed by atoms with Gasteiger partial charge >= 0.3 is 0 Å². The van der Waals surface area contributed by atoms with E-state index in [1.165, 1.54) is 37.5 Å². The molecule has 0 unspecified atom stereocenters. The molecule has 240 valence electrons. The van der Waals surface area contributed by atoms with Crippen molar-refractivity contribution in [1.29, 1.82) is 0 Å². The van der Waals surface area contributed by atoms with Crippen LogP contribution in [-0.2, 0) is 26.0 Å². The SMILES string of the molecule is CS(=O)(=O)c1ccc(CN2CCC3(CCN(C[C@H]4CN(C(=O)C5CCCCCC5)C[C@@H]4c4ccccc4)CC3)C2=O)cc1.Cl. The number of piperidine rings is 1. The van der Waals surface area contributed by atoms with Gasteiger partial charge in [0.25, 0.3) is 0 Å². The molecule has 0 aromatic heterocycles. The minimum absolute atomic E-state index is 0. The van der Waals surface area contributed by atoms with E-state index in [0.717, 1.165) is 76.9 Å². The van der Waals surface area contributed by atoms with Gasteiger partial charge in [-0.2, -0.15) is 0 Å². The third-order valence-electron chi connectivity index (χ3n) is 10.8. The summed E-state index contributed by atoms with van der Waals surface area (Å²) < 4.78 is 23.6. The molecule has 2 aromatic rings. The standard InChI is InChI=1S/C35H47N3O4S.ClH/c1-43(41,42)31-15-13-27(14-16-31)23-37-22-19-35(34(37)40)17-20-36(21-18-35)24-30-25-38(26-32(30)28-9-7-4-8-10-28)33(39)29-11-5-2-3-6-12-29;/h4,7-10,13-16,29-30,32H,2-3,5-6,11-12,17-26H2,1H3;1H/t30-,32+;/m0./s1. The zero-order valence-electron chi connectivity index (χ0n) is 26.0. The number of halogens is 1. The maximum Gasteiger partial charge on any atom is 0.229 e. The second kappa shape index (κ2) is 13.9. The first kappa shape index (κ1) is 33.0. The van der Waals surface area contributed by atoms with E-state index in [-0.39, 0.29) is 29.6 Å². The smallest absolute Gasteiger partial charge is 0.229 e. The van der Waals surface area contributed by atoms with Crippen molar-refractivity contribution in [2.45, 2.75) is 75.1 Å². The summed E-state index contributed by atoms with van der Waals surface area (Å²) in [5.41, 5.74) is 2.02. The molecule has 2 amide bonds. The van der Waals surface area contributed by atoms with Crippen LogP contribution >= 0.6 is 12.4 Å². The number of hydrogen-bond donors (Lipinski definition) is 0. The number of amides is 2. The van der Waals surface area contributed by atoms with Crippen LogP contribution < -0.4 is 0 Å². The summed E-state index contributed by atoms with van der Waals surface area (Å²) in [4.78, 5) is 34.3. The Bertz CT molecular complexity index is 1380. The molecule has 3 aliphatic heterocycles. The van der Waals surface area contributed by atoms with Gasteiger partial charge in [0.15, 0.2) is 9.84 Å². The monoisotopic (exact) mass is 641 g/mol. The molecule has 0 N–H and O–H groups in total. The summed E-state index contributed by atoms with van der Waals surface area (Å²) in [6.45, 7) is 5.73. The van der Waals surface area contributed by atoms with Crippen LogP contribution in [0.25, 0.3) is 0 Å². The third-order valence-corrected chi connectivity index (χ3v) is 11.9. The van der Waals surface area contributed by atoms with E-state index in [1.807, 2.05) is 17.0 Å². The van der Waals surface area contributed by atoms with Crippen LogP contribution in [0.3, 0.4) is 0 Å². The van der Waals surface area contributed by atoms with Gasteiger partial charge in [-0.25, -0.2) is 8.42 Å². The molecular weight excluding hydrogens is 594 g/mol. The van der Waals surface area contributed by atoms with Gasteiger partial charge in [-0.15, -0.1) is 12.4 Å². The Balaban J connectivity index is 0.00000384. The highest BCUT2D eigenvalue weighted by molar-refractivity contribution is 7.90. The van der Waals surface area contributed by atoms with Gasteiger partial charge in [0.1, 0.15) is 0 Å². The summed E-state index contributed by atoms with van der Waals surface area (Å²) in [5, 5.41) is 0. The Morgan fingerprint density at radius 3 is 2.14 bits per heavy atom. The molecule has 0 radical (unpaired) electrons. The number of benzene rings is 2. The molecule has 1 saturated carbocycles. The highest BCUT2D eigenvalue weighted by atomic mass is 35.5. The van der Waals surface area contributed by atoms with Gasteiger partial charge in [-0.3, -0.25) is 9.59 Å². The molecule has 2 aromatic carbocycles. The Morgan fingerprint density at radius 2 is 1.50 bits per heavy atom. The number of nitrogens with zero attached hydrogens (tertiary/aromatic N) is 3. The number of carbonyl (C=O) groups is 2. The highest BCUT2D eigenvalue weighted by Crippen LogP contribution is 2.43. The summed E-state index contributed by atoms with van der Waals surface area (Å²) in [5.74, 6) is 1.58. The normalized spacial score (nSPS) is 24.8. The first-order valence-electron chi connectivity index (χ1n) is 16.4. The van der Waals surface area contributed by atoms with Gasteiger partial charge in [0.2, 0.25) is 11.8 Å². The fraction of sp³-hybridized carbons (Fsp3) is 0.600. The number of carbonyl (C=O) groups excluding carboxylic acids is 2. The van der Waals surface area contributed by atoms with Gasteiger partial charge < -0.3 is 14.7 Å². The topological polar surface area (TPSA) is 78.0 Å². The van der Waals surface area contributed by atoms with Crippen LogP contribution in [-0.4, -0.2) is 80.5 Å². The van der Waals surface area contributed by atoms with Crippen LogP contribution in [0, 0.1) is 17.3 Å². The summed E-state index contributed by atoms with van der Waals surface area (Å²) in [6, 6.07) is 17.7. The minimum Gasteiger partial charge on any atom is -0.341 e. The zero-order valence-corrected chi connectivity index (χ0v) is 27.7. The first-order chi connectivity index (χ1) is 20.7. The largest absolute Gasteiger partial charge is 0.341 e. The van der Waals surface area contributed by atoms with Crippen molar-refractivity contribution in [2.75, 3.05) is 45.5 Å². The fourth-order valence-corrected chi connectivity index (χ4v) is 8.79. The van der Waals surface area contributed by atoms with E-state index in [4.69, 9.17) is 0 Å². The molecular formula is C35H48ClN3O4S. The van der Waals surface area contributed by atoms with Crippen molar-refractivity contribution in [3.05, 3.63) is 65.7 Å². The molecule has 1 spiro atoms. The quantitative estimate of drug-likeness (QED) is 0.371. The number of hydrogen-bond acceptors (Lipinski definition) is 5. The molecule has 0 bridgehead atoms. The minimum atomic E-state index is -3.23. The maximum absolute atomic E-state index is 13.7. The van der Waals surface area contributed by atoms with Crippen molar-refractivity contribution in [3.63, 3.8) is 0 Å². The van der Waals surface area contributed by atoms with Crippen LogP contribution in [0.4, 0.5) is 0 Å². The average molecular weight is 642 g/mol. The predicted molar refractivity (Wildman–Crippen MR) is 175 cm³/mol. The number of rotatable bonds is 7. The lowest BCUT2D eigenvalue weighted by molar-refractivity contribution is -0.139. The van der Waals surface area contributed by atoms with E-state index >= 15 is 0 Å². The van der Waals surface area contributed by atoms with Crippen molar-refractivity contribution in [2.24, 2.45) is 17.3 Å². The molecule has 4 aliphatic rings. The van der Waals surface area contributed by atoms with Gasteiger partial charge in [0, 0.05) is 50.8 Å². The molecule has 3 heterocycles. The van der Waals surface area contributed by atoms with Crippen molar-refractivity contribution in [3.8, 4) is 0 Å². The van der Waals surface area contributed by atoms with Crippen LogP contribution in [0.15, 0.2) is 59.5 Å². The lowest BCUT2D eigenvalue weighted by atomic mass is 9.76. The van der Waals surface area contributed by atoms with E-state index in [1.54, 1.807) is 12.1 Å². The third kappa shape index (κ3) is 7.18. The maximum atomic E-state index is 13.7. The van der Waals surface area contributed by atoms with Crippen LogP contribution in [0.5, 0.6) is 0 Å². The zero-order chi connectivity index (χ0) is 30.0. The van der Waals surface area contributed by atoms with Crippen LogP contribution in [0.2, 0.25) is 0 Å². The molecule has 1 aliphatic carbocycles. The molecule has 44 heavy (non-hydrogen) atoms. The van der Waals surface area contributed by atoms with E-state index in [0.29, 0.717) is 29.2 Å². The Hall–Kier alpha value is -2.42. The first-order valence-corrected chi connectivity index (χ1v) is 18.3. The number of likely N-dealkylation sites (tertiary alicyclic amines) is 3. The Labute approximate surface area is 269 Å². The van der Waals surface area contributed by atoms with Gasteiger partial charge in [0.05, 0.1) is 10.3 Å². The second-order valence-corrected chi connectivity index (χ2v) is 15.7. The number of sulfone groups is 1. The van der Waals surface area contributed by atoms with Crippen molar-refractivity contribution in [1.82, 2.24) is 14.7 Å². The molecule has 4 fully saturated rings. The van der Waals surface area contributed by atoms with Crippen molar-refractivity contribution < 1.29 is 18.0 Å². The Kier molecular flexibility index (Phi) is 10.4. The molecule has 7 nitrogen and oxygen atoms in total.